The van der Waals surface area contributed by atoms with Gasteiger partial charge in [0, 0.05) is 32.1 Å². The second-order valence-corrected chi connectivity index (χ2v) is 10.5. The molecular weight excluding hydrogens is 504 g/mol. The number of aromatic nitrogens is 1. The normalized spacial score (nSPS) is 13.3. The fourth-order valence-electron chi connectivity index (χ4n) is 3.79. The quantitative estimate of drug-likeness (QED) is 0.338. The van der Waals surface area contributed by atoms with Gasteiger partial charge in [-0.15, -0.1) is 0 Å². The average Bonchev–Trinajstić information content (AvgIpc) is 3.66. The highest BCUT2D eigenvalue weighted by Crippen LogP contribution is 2.27. The molecule has 0 saturated heterocycles. The Bertz CT molecular complexity index is 1530. The molecule has 1 saturated carbocycles. The molecule has 1 fully saturated rings. The van der Waals surface area contributed by atoms with Crippen LogP contribution in [0.1, 0.15) is 39.9 Å². The van der Waals surface area contributed by atoms with Crippen LogP contribution < -0.4 is 25.6 Å². The highest BCUT2D eigenvalue weighted by atomic mass is 32.2. The zero-order valence-corrected chi connectivity index (χ0v) is 21.3. The minimum atomic E-state index is -3.96. The molecule has 4 N–H and O–H groups in total. The maximum absolute atomic E-state index is 15.1. The Hall–Kier alpha value is -3.77. The van der Waals surface area contributed by atoms with Gasteiger partial charge < -0.3 is 10.6 Å². The van der Waals surface area contributed by atoms with Gasteiger partial charge in [0.1, 0.15) is 11.6 Å². The number of nitrogens with one attached hydrogen (secondary N) is 4. The molecule has 2 aromatic carbocycles. The van der Waals surface area contributed by atoms with Crippen molar-refractivity contribution >= 4 is 33.3 Å². The maximum atomic E-state index is 15.1. The summed E-state index contributed by atoms with van der Waals surface area (Å²) in [6.45, 7) is 1.74. The van der Waals surface area contributed by atoms with Crippen LogP contribution in [0, 0.1) is 18.6 Å². The van der Waals surface area contributed by atoms with Crippen LogP contribution >= 0.6 is 0 Å². The summed E-state index contributed by atoms with van der Waals surface area (Å²) in [5, 5.41) is 5.73. The van der Waals surface area contributed by atoms with Gasteiger partial charge in [0.25, 0.3) is 21.7 Å². The van der Waals surface area contributed by atoms with E-state index in [1.165, 1.54) is 55.1 Å². The third kappa shape index (κ3) is 5.97. The van der Waals surface area contributed by atoms with Crippen LogP contribution in [0.25, 0.3) is 0 Å². The topological polar surface area (TPSA) is 121 Å². The number of benzene rings is 2. The van der Waals surface area contributed by atoms with Gasteiger partial charge in [-0.3, -0.25) is 18.9 Å². The van der Waals surface area contributed by atoms with E-state index in [-0.39, 0.29) is 46.3 Å². The summed E-state index contributed by atoms with van der Waals surface area (Å²) in [4.78, 5) is 26.4. The first-order valence-corrected chi connectivity index (χ1v) is 13.0. The van der Waals surface area contributed by atoms with Crippen molar-refractivity contribution in [2.75, 3.05) is 17.1 Å². The summed E-state index contributed by atoms with van der Waals surface area (Å²) in [5.41, 5.74) is 0.223. The molecule has 12 heteroatoms. The fraction of sp³-hybridized carbons (Fsp3) is 0.280. The third-order valence-electron chi connectivity index (χ3n) is 6.00. The Morgan fingerprint density at radius 2 is 1.81 bits per heavy atom. The Morgan fingerprint density at radius 3 is 2.46 bits per heavy atom. The van der Waals surface area contributed by atoms with Crippen molar-refractivity contribution < 1.29 is 22.0 Å². The molecule has 1 amide bonds. The number of aryl methyl sites for hydroxylation is 1. The summed E-state index contributed by atoms with van der Waals surface area (Å²) >= 11 is 0. The molecule has 0 bridgehead atoms. The Kier molecular flexibility index (Phi) is 7.32. The molecule has 0 aliphatic heterocycles. The monoisotopic (exact) mass is 531 g/mol. The lowest BCUT2D eigenvalue weighted by molar-refractivity contribution is 0.0951. The molecule has 3 aromatic rings. The van der Waals surface area contributed by atoms with Crippen LogP contribution in [0.4, 0.5) is 26.0 Å². The molecule has 0 radical (unpaired) electrons. The number of hydrogen-bond acceptors (Lipinski definition) is 5. The Labute approximate surface area is 213 Å². The van der Waals surface area contributed by atoms with E-state index < -0.39 is 33.3 Å². The van der Waals surface area contributed by atoms with Crippen LogP contribution in [-0.2, 0) is 23.7 Å². The highest BCUT2D eigenvalue weighted by Gasteiger charge is 2.27. The van der Waals surface area contributed by atoms with E-state index in [2.05, 4.69) is 15.4 Å². The smallest absolute Gasteiger partial charge is 0.298 e. The molecular formula is C25H27F2N5O4S. The summed E-state index contributed by atoms with van der Waals surface area (Å²) in [6.07, 6.45) is 1.46. The number of carbonyl (C=O) groups is 1. The van der Waals surface area contributed by atoms with Gasteiger partial charge in [0.05, 0.1) is 16.9 Å². The molecule has 0 unspecified atom stereocenters. The molecule has 4 rings (SSSR count). The molecule has 1 aliphatic carbocycles. The first kappa shape index (κ1) is 26.3. The van der Waals surface area contributed by atoms with Gasteiger partial charge >= 0.3 is 0 Å². The molecule has 0 spiro atoms. The van der Waals surface area contributed by atoms with E-state index in [1.54, 1.807) is 13.0 Å². The lowest BCUT2D eigenvalue weighted by atomic mass is 10.0. The number of amides is 1. The number of carbonyl (C=O) groups excluding carboxylic acids is 1. The van der Waals surface area contributed by atoms with Crippen LogP contribution in [0.5, 0.6) is 0 Å². The van der Waals surface area contributed by atoms with Crippen molar-refractivity contribution in [3.8, 4) is 0 Å². The van der Waals surface area contributed by atoms with Gasteiger partial charge in [0.2, 0.25) is 0 Å². The van der Waals surface area contributed by atoms with Crippen LogP contribution in [0.15, 0.2) is 47.3 Å². The Balaban J connectivity index is 1.76. The van der Waals surface area contributed by atoms with E-state index in [4.69, 9.17) is 0 Å². The standard InChI is InChI=1S/C25H27F2N5O4S/c1-14-7-10-20(19(26)11-14)30-23-18(24(33)29-17-8-9-17)13-16(25(34)32(23)3)12-15-5-4-6-21(22(15)27)31-37(35,36)28-2/h4-7,10-11,13,17,28,30-31H,8-9,12H2,1-3H3,(H,29,33). The predicted molar refractivity (Wildman–Crippen MR) is 137 cm³/mol. The zero-order valence-electron chi connectivity index (χ0n) is 20.5. The number of halogens is 2. The number of anilines is 3. The van der Waals surface area contributed by atoms with E-state index in [1.807, 2.05) is 4.72 Å². The average molecular weight is 532 g/mol. The molecule has 1 aromatic heterocycles. The molecule has 37 heavy (non-hydrogen) atoms. The molecule has 1 aliphatic rings. The van der Waals surface area contributed by atoms with Crippen LogP contribution in [0.3, 0.4) is 0 Å². The Morgan fingerprint density at radius 1 is 1.08 bits per heavy atom. The predicted octanol–water partition coefficient (Wildman–Crippen LogP) is 3.07. The first-order chi connectivity index (χ1) is 17.5. The van der Waals surface area contributed by atoms with Crippen LogP contribution in [0.2, 0.25) is 0 Å². The third-order valence-corrected chi connectivity index (χ3v) is 7.02. The molecule has 9 nitrogen and oxygen atoms in total. The number of pyridine rings is 1. The number of nitrogens with zero attached hydrogens (tertiary/aromatic N) is 1. The summed E-state index contributed by atoms with van der Waals surface area (Å²) in [6, 6.07) is 10.0. The lowest BCUT2D eigenvalue weighted by Crippen LogP contribution is -2.31. The number of hydrogen-bond donors (Lipinski definition) is 4. The van der Waals surface area contributed by atoms with Crippen molar-refractivity contribution in [3.63, 3.8) is 0 Å². The largest absolute Gasteiger partial charge is 0.349 e. The maximum Gasteiger partial charge on any atom is 0.298 e. The van der Waals surface area contributed by atoms with Gasteiger partial charge in [-0.25, -0.2) is 13.5 Å². The minimum Gasteiger partial charge on any atom is -0.349 e. The summed E-state index contributed by atoms with van der Waals surface area (Å²) in [5.74, 6) is -1.76. The molecule has 0 atom stereocenters. The van der Waals surface area contributed by atoms with Gasteiger partial charge in [0.15, 0.2) is 5.82 Å². The van der Waals surface area contributed by atoms with Crippen molar-refractivity contribution in [2.45, 2.75) is 32.2 Å². The van der Waals surface area contributed by atoms with E-state index in [0.29, 0.717) is 5.56 Å². The van der Waals surface area contributed by atoms with Gasteiger partial charge in [-0.2, -0.15) is 8.42 Å². The van der Waals surface area contributed by atoms with Crippen molar-refractivity contribution in [1.82, 2.24) is 14.6 Å². The summed E-state index contributed by atoms with van der Waals surface area (Å²) in [7, 11) is -1.35. The van der Waals surface area contributed by atoms with E-state index >= 15 is 4.39 Å². The zero-order chi connectivity index (χ0) is 26.9. The van der Waals surface area contributed by atoms with Gasteiger partial charge in [-0.1, -0.05) is 18.2 Å². The fourth-order valence-corrected chi connectivity index (χ4v) is 4.34. The van der Waals surface area contributed by atoms with Crippen LogP contribution in [-0.4, -0.2) is 32.0 Å². The highest BCUT2D eigenvalue weighted by molar-refractivity contribution is 7.90. The number of rotatable bonds is 9. The molecule has 196 valence electrons. The lowest BCUT2D eigenvalue weighted by Gasteiger charge is -2.18. The SMILES string of the molecule is CNS(=O)(=O)Nc1cccc(Cc2cc(C(=O)NC3CC3)c(Nc3ccc(C)cc3F)n(C)c2=O)c1F. The second kappa shape index (κ2) is 10.3. The second-order valence-electron chi connectivity index (χ2n) is 8.92. The van der Waals surface area contributed by atoms with Crippen molar-refractivity contribution in [2.24, 2.45) is 7.05 Å². The molecule has 1 heterocycles. The van der Waals surface area contributed by atoms with Gasteiger partial charge in [-0.05, 0) is 55.2 Å². The van der Waals surface area contributed by atoms with E-state index in [9.17, 15) is 22.4 Å². The van der Waals surface area contributed by atoms with Crippen molar-refractivity contribution in [3.05, 3.63) is 86.7 Å². The minimum absolute atomic E-state index is 0.0199. The van der Waals surface area contributed by atoms with E-state index in [0.717, 1.165) is 12.8 Å². The van der Waals surface area contributed by atoms with Crippen molar-refractivity contribution in [1.29, 1.82) is 0 Å². The first-order valence-electron chi connectivity index (χ1n) is 11.5. The summed E-state index contributed by atoms with van der Waals surface area (Å²) < 4.78 is 58.6.